The number of amides is 2. The quantitative estimate of drug-likeness (QED) is 0.533. The molecule has 0 aliphatic rings. The first-order valence-electron chi connectivity index (χ1n) is 9.04. The Morgan fingerprint density at radius 1 is 0.704 bits per heavy atom. The summed E-state index contributed by atoms with van der Waals surface area (Å²) >= 11 is 0. The number of aliphatic hydroxyl groups is 1. The van der Waals surface area contributed by atoms with Crippen LogP contribution in [-0.2, 0) is 23.7 Å². The zero-order valence-corrected chi connectivity index (χ0v) is 17.4. The summed E-state index contributed by atoms with van der Waals surface area (Å²) in [5.74, 6) is 0. The van der Waals surface area contributed by atoms with Crippen LogP contribution in [-0.4, -0.2) is 86.2 Å². The highest BCUT2D eigenvalue weighted by Crippen LogP contribution is 2.14. The van der Waals surface area contributed by atoms with Crippen LogP contribution < -0.4 is 0 Å². The summed E-state index contributed by atoms with van der Waals surface area (Å²) in [7, 11) is 0. The zero-order valence-electron chi connectivity index (χ0n) is 17.4. The van der Waals surface area contributed by atoms with E-state index in [2.05, 4.69) is 0 Å². The fourth-order valence-electron chi connectivity index (χ4n) is 1.65. The van der Waals surface area contributed by atoms with Crippen LogP contribution in [0.15, 0.2) is 0 Å². The van der Waals surface area contributed by atoms with Gasteiger partial charge < -0.3 is 28.8 Å². The van der Waals surface area contributed by atoms with E-state index in [-0.39, 0.29) is 26.4 Å². The van der Waals surface area contributed by atoms with E-state index in [1.54, 1.807) is 41.5 Å². The number of rotatable bonds is 11. The first-order chi connectivity index (χ1) is 12.5. The van der Waals surface area contributed by atoms with E-state index in [9.17, 15) is 9.59 Å². The second-order valence-corrected chi connectivity index (χ2v) is 7.67. The highest BCUT2D eigenvalue weighted by molar-refractivity contribution is 5.88. The van der Waals surface area contributed by atoms with Crippen LogP contribution in [0.2, 0.25) is 0 Å². The Kier molecular flexibility index (Phi) is 12.2. The van der Waals surface area contributed by atoms with Gasteiger partial charge in [-0.2, -0.15) is 0 Å². The molecular weight excluding hydrogens is 358 g/mol. The Balaban J connectivity index is 4.29. The molecule has 0 aromatic rings. The van der Waals surface area contributed by atoms with Crippen LogP contribution in [0.25, 0.3) is 0 Å². The van der Waals surface area contributed by atoms with Gasteiger partial charge >= 0.3 is 12.2 Å². The average molecular weight is 393 g/mol. The summed E-state index contributed by atoms with van der Waals surface area (Å²) in [6, 6.07) is 0. The van der Waals surface area contributed by atoms with Crippen LogP contribution in [0.3, 0.4) is 0 Å². The van der Waals surface area contributed by atoms with Crippen LogP contribution in [0, 0.1) is 0 Å². The SMILES string of the molecule is CC(C)(C)OC(=O)N(CCOCCOCCOCCO)C(=O)OC(C)(C)C. The van der Waals surface area contributed by atoms with E-state index in [0.717, 1.165) is 4.90 Å². The highest BCUT2D eigenvalue weighted by Gasteiger charge is 2.30. The van der Waals surface area contributed by atoms with Crippen molar-refractivity contribution >= 4 is 12.2 Å². The molecule has 0 rings (SSSR count). The number of aliphatic hydroxyl groups excluding tert-OH is 1. The van der Waals surface area contributed by atoms with Gasteiger partial charge in [-0.25, -0.2) is 14.5 Å². The van der Waals surface area contributed by atoms with Crippen molar-refractivity contribution in [3.63, 3.8) is 0 Å². The van der Waals surface area contributed by atoms with Gasteiger partial charge in [-0.1, -0.05) is 0 Å². The molecule has 27 heavy (non-hydrogen) atoms. The van der Waals surface area contributed by atoms with Gasteiger partial charge in [-0.05, 0) is 41.5 Å². The maximum atomic E-state index is 12.3. The predicted molar refractivity (Wildman–Crippen MR) is 98.7 cm³/mol. The van der Waals surface area contributed by atoms with Gasteiger partial charge in [0.25, 0.3) is 0 Å². The number of imide groups is 1. The van der Waals surface area contributed by atoms with Crippen LogP contribution in [0.5, 0.6) is 0 Å². The van der Waals surface area contributed by atoms with Crippen molar-refractivity contribution in [2.75, 3.05) is 52.8 Å². The van der Waals surface area contributed by atoms with Crippen molar-refractivity contribution in [3.05, 3.63) is 0 Å². The fourth-order valence-corrected chi connectivity index (χ4v) is 1.65. The number of ether oxygens (including phenoxy) is 5. The monoisotopic (exact) mass is 393 g/mol. The van der Waals surface area contributed by atoms with E-state index in [1.807, 2.05) is 0 Å². The molecule has 0 aliphatic heterocycles. The van der Waals surface area contributed by atoms with E-state index < -0.39 is 23.4 Å². The molecule has 0 heterocycles. The topological polar surface area (TPSA) is 104 Å². The molecule has 0 aromatic carbocycles. The minimum atomic E-state index is -0.780. The second kappa shape index (κ2) is 12.9. The van der Waals surface area contributed by atoms with Crippen molar-refractivity contribution < 1.29 is 38.4 Å². The molecule has 0 aliphatic carbocycles. The van der Waals surface area contributed by atoms with Gasteiger partial charge in [-0.15, -0.1) is 0 Å². The van der Waals surface area contributed by atoms with Gasteiger partial charge in [0.2, 0.25) is 0 Å². The van der Waals surface area contributed by atoms with Gasteiger partial charge in [0, 0.05) is 0 Å². The lowest BCUT2D eigenvalue weighted by Gasteiger charge is -2.28. The summed E-state index contributed by atoms with van der Waals surface area (Å²) < 4.78 is 26.2. The lowest BCUT2D eigenvalue weighted by molar-refractivity contribution is -0.0121. The van der Waals surface area contributed by atoms with E-state index in [4.69, 9.17) is 28.8 Å². The maximum absolute atomic E-state index is 12.3. The number of hydrogen-bond donors (Lipinski definition) is 1. The molecule has 0 radical (unpaired) electrons. The summed E-state index contributed by atoms with van der Waals surface area (Å²) in [6.45, 7) is 12.1. The molecule has 2 amide bonds. The zero-order chi connectivity index (χ0) is 20.9. The predicted octanol–water partition coefficient (Wildman–Crippen LogP) is 2.20. The first-order valence-corrected chi connectivity index (χ1v) is 9.04. The molecule has 160 valence electrons. The Hall–Kier alpha value is -1.42. The maximum Gasteiger partial charge on any atom is 0.419 e. The molecule has 9 heteroatoms. The third-order valence-electron chi connectivity index (χ3n) is 2.67. The molecule has 0 atom stereocenters. The average Bonchev–Trinajstić information content (AvgIpc) is 2.49. The first kappa shape index (κ1) is 25.6. The fraction of sp³-hybridized carbons (Fsp3) is 0.889. The van der Waals surface area contributed by atoms with E-state index in [1.165, 1.54) is 0 Å². The minimum absolute atomic E-state index is 0.00341. The molecule has 1 N–H and O–H groups in total. The van der Waals surface area contributed by atoms with Crippen molar-refractivity contribution in [1.29, 1.82) is 0 Å². The number of hydrogen-bond acceptors (Lipinski definition) is 8. The molecule has 0 saturated carbocycles. The molecular formula is C18H35NO8. The Morgan fingerprint density at radius 2 is 1.07 bits per heavy atom. The number of nitrogens with zero attached hydrogens (tertiary/aromatic N) is 1. The molecule has 9 nitrogen and oxygen atoms in total. The minimum Gasteiger partial charge on any atom is -0.443 e. The summed E-state index contributed by atoms with van der Waals surface area (Å²) in [5.41, 5.74) is -1.46. The molecule has 0 aromatic heterocycles. The van der Waals surface area contributed by atoms with Crippen molar-refractivity contribution in [2.24, 2.45) is 0 Å². The van der Waals surface area contributed by atoms with Gasteiger partial charge in [0.15, 0.2) is 0 Å². The summed E-state index contributed by atoms with van der Waals surface area (Å²) in [5, 5.41) is 8.56. The number of carbonyl (C=O) groups excluding carboxylic acids is 2. The van der Waals surface area contributed by atoms with Gasteiger partial charge in [0.1, 0.15) is 11.2 Å². The molecule has 0 saturated heterocycles. The Morgan fingerprint density at radius 3 is 1.44 bits per heavy atom. The largest absolute Gasteiger partial charge is 0.443 e. The normalized spacial score (nSPS) is 12.0. The molecule has 0 spiro atoms. The van der Waals surface area contributed by atoms with Crippen molar-refractivity contribution in [2.45, 2.75) is 52.7 Å². The van der Waals surface area contributed by atoms with Gasteiger partial charge in [0.05, 0.1) is 52.8 Å². The summed E-state index contributed by atoms with van der Waals surface area (Å²) in [4.78, 5) is 25.4. The third kappa shape index (κ3) is 15.3. The number of carbonyl (C=O) groups is 2. The second-order valence-electron chi connectivity index (χ2n) is 7.67. The third-order valence-corrected chi connectivity index (χ3v) is 2.67. The standard InChI is InChI=1S/C18H35NO8/c1-17(2,3)26-15(21)19(16(22)27-18(4,5)6)7-9-23-11-13-25-14-12-24-10-8-20/h20H,7-14H2,1-6H3. The van der Waals surface area contributed by atoms with E-state index >= 15 is 0 Å². The lowest BCUT2D eigenvalue weighted by Crippen LogP contribution is -2.45. The Labute approximate surface area is 161 Å². The molecule has 0 bridgehead atoms. The van der Waals surface area contributed by atoms with Gasteiger partial charge in [-0.3, -0.25) is 0 Å². The van der Waals surface area contributed by atoms with Crippen molar-refractivity contribution in [1.82, 2.24) is 4.90 Å². The van der Waals surface area contributed by atoms with Crippen LogP contribution in [0.1, 0.15) is 41.5 Å². The van der Waals surface area contributed by atoms with Crippen molar-refractivity contribution in [3.8, 4) is 0 Å². The Bertz CT molecular complexity index is 400. The molecule has 0 unspecified atom stereocenters. The van der Waals surface area contributed by atoms with Crippen LogP contribution >= 0.6 is 0 Å². The lowest BCUT2D eigenvalue weighted by atomic mass is 10.2. The van der Waals surface area contributed by atoms with E-state index in [0.29, 0.717) is 26.4 Å². The summed E-state index contributed by atoms with van der Waals surface area (Å²) in [6.07, 6.45) is -1.56. The molecule has 0 fully saturated rings. The highest BCUT2D eigenvalue weighted by atomic mass is 16.6. The van der Waals surface area contributed by atoms with Crippen LogP contribution in [0.4, 0.5) is 9.59 Å². The smallest absolute Gasteiger partial charge is 0.419 e.